The van der Waals surface area contributed by atoms with Gasteiger partial charge in [0.25, 0.3) is 11.8 Å². The Labute approximate surface area is 158 Å². The van der Waals surface area contributed by atoms with Crippen LogP contribution in [0.2, 0.25) is 5.02 Å². The normalized spacial score (nSPS) is 22.3. The van der Waals surface area contributed by atoms with Crippen molar-refractivity contribution in [1.29, 1.82) is 0 Å². The third-order valence-electron chi connectivity index (χ3n) is 4.92. The van der Waals surface area contributed by atoms with Crippen molar-refractivity contribution in [2.45, 2.75) is 39.2 Å². The van der Waals surface area contributed by atoms with E-state index in [1.54, 1.807) is 24.3 Å². The van der Waals surface area contributed by atoms with Crippen LogP contribution in [0.1, 0.15) is 43.5 Å². The van der Waals surface area contributed by atoms with Crippen molar-refractivity contribution < 1.29 is 19.1 Å². The zero-order chi connectivity index (χ0) is 19.1. The van der Waals surface area contributed by atoms with Gasteiger partial charge < -0.3 is 15.4 Å². The lowest BCUT2D eigenvalue weighted by Crippen LogP contribution is -2.45. The summed E-state index contributed by atoms with van der Waals surface area (Å²) in [4.78, 5) is 35.6. The molecule has 1 aromatic rings. The van der Waals surface area contributed by atoms with Crippen molar-refractivity contribution in [3.63, 3.8) is 0 Å². The van der Waals surface area contributed by atoms with Crippen LogP contribution in [-0.4, -0.2) is 37.0 Å². The Morgan fingerprint density at radius 1 is 1.15 bits per heavy atom. The number of nitrogens with one attached hydrogen (secondary N) is 2. The van der Waals surface area contributed by atoms with E-state index in [0.29, 0.717) is 22.4 Å². The van der Waals surface area contributed by atoms with E-state index in [4.69, 9.17) is 16.3 Å². The van der Waals surface area contributed by atoms with E-state index in [2.05, 4.69) is 24.5 Å². The Morgan fingerprint density at radius 2 is 1.85 bits per heavy atom. The van der Waals surface area contributed by atoms with Crippen molar-refractivity contribution in [2.75, 3.05) is 13.2 Å². The molecule has 1 aliphatic carbocycles. The molecule has 0 aliphatic heterocycles. The fourth-order valence-electron chi connectivity index (χ4n) is 3.09. The number of ether oxygens (including phenoxy) is 1. The zero-order valence-corrected chi connectivity index (χ0v) is 15.8. The Morgan fingerprint density at radius 3 is 2.54 bits per heavy atom. The zero-order valence-electron chi connectivity index (χ0n) is 15.1. The first-order valence-corrected chi connectivity index (χ1v) is 9.23. The minimum Gasteiger partial charge on any atom is -0.454 e. The molecule has 0 unspecified atom stereocenters. The van der Waals surface area contributed by atoms with Gasteiger partial charge in [-0.15, -0.1) is 0 Å². The van der Waals surface area contributed by atoms with Crippen molar-refractivity contribution in [1.82, 2.24) is 10.6 Å². The minimum atomic E-state index is -0.660. The van der Waals surface area contributed by atoms with Gasteiger partial charge in [-0.2, -0.15) is 0 Å². The maximum atomic E-state index is 12.0. The van der Waals surface area contributed by atoms with Gasteiger partial charge in [0.05, 0.1) is 0 Å². The van der Waals surface area contributed by atoms with Gasteiger partial charge in [-0.3, -0.25) is 14.4 Å². The molecule has 0 aromatic heterocycles. The second kappa shape index (κ2) is 9.57. The van der Waals surface area contributed by atoms with Gasteiger partial charge in [0.1, 0.15) is 6.54 Å². The molecule has 0 saturated heterocycles. The summed E-state index contributed by atoms with van der Waals surface area (Å²) >= 11 is 5.76. The Balaban J connectivity index is 1.68. The highest BCUT2D eigenvalue weighted by molar-refractivity contribution is 6.30. The number of esters is 1. The summed E-state index contributed by atoms with van der Waals surface area (Å²) in [5.74, 6) is -0.407. The van der Waals surface area contributed by atoms with Crippen LogP contribution in [0.15, 0.2) is 24.3 Å². The second-order valence-corrected chi connectivity index (χ2v) is 7.23. The van der Waals surface area contributed by atoms with E-state index in [-0.39, 0.29) is 25.1 Å². The van der Waals surface area contributed by atoms with Crippen LogP contribution in [0.25, 0.3) is 0 Å². The Bertz CT molecular complexity index is 647. The van der Waals surface area contributed by atoms with E-state index in [1.807, 2.05) is 0 Å². The summed E-state index contributed by atoms with van der Waals surface area (Å²) in [7, 11) is 0. The Hall–Kier alpha value is -2.08. The topological polar surface area (TPSA) is 84.5 Å². The van der Waals surface area contributed by atoms with Crippen molar-refractivity contribution in [2.24, 2.45) is 11.8 Å². The molecule has 1 saturated carbocycles. The van der Waals surface area contributed by atoms with Gasteiger partial charge in [-0.25, -0.2) is 0 Å². The predicted octanol–water partition coefficient (Wildman–Crippen LogP) is 2.55. The van der Waals surface area contributed by atoms with Gasteiger partial charge in [-0.05, 0) is 42.5 Å². The Kier molecular flexibility index (Phi) is 7.45. The molecule has 7 heteroatoms. The third kappa shape index (κ3) is 6.02. The van der Waals surface area contributed by atoms with Crippen molar-refractivity contribution in [3.8, 4) is 0 Å². The number of hydrogen-bond donors (Lipinski definition) is 2. The van der Waals surface area contributed by atoms with Crippen LogP contribution < -0.4 is 10.6 Å². The van der Waals surface area contributed by atoms with Gasteiger partial charge in [0.15, 0.2) is 6.61 Å². The van der Waals surface area contributed by atoms with Crippen LogP contribution in [0, 0.1) is 11.8 Å². The molecule has 1 fully saturated rings. The van der Waals surface area contributed by atoms with E-state index in [9.17, 15) is 14.4 Å². The molecule has 0 spiro atoms. The lowest BCUT2D eigenvalue weighted by molar-refractivity contribution is -0.147. The standard InChI is InChI=1S/C19H25ClN2O4/c1-12-4-3-5-16(13(12)2)22-17(23)11-26-18(24)10-21-19(25)14-6-8-15(20)9-7-14/h6-9,12-13,16H,3-5,10-11H2,1-2H3,(H,21,25)(H,22,23)/t12-,13+,16-/m0/s1. The molecule has 1 aromatic carbocycles. The van der Waals surface area contributed by atoms with Crippen molar-refractivity contribution >= 4 is 29.4 Å². The smallest absolute Gasteiger partial charge is 0.325 e. The summed E-state index contributed by atoms with van der Waals surface area (Å²) < 4.78 is 4.93. The average molecular weight is 381 g/mol. The average Bonchev–Trinajstić information content (AvgIpc) is 2.62. The number of hydrogen-bond acceptors (Lipinski definition) is 4. The van der Waals surface area contributed by atoms with Crippen molar-refractivity contribution in [3.05, 3.63) is 34.9 Å². The van der Waals surface area contributed by atoms with E-state index >= 15 is 0 Å². The summed E-state index contributed by atoms with van der Waals surface area (Å²) in [5, 5.41) is 5.90. The number of halogens is 1. The fourth-order valence-corrected chi connectivity index (χ4v) is 3.21. The molecule has 0 bridgehead atoms. The van der Waals surface area contributed by atoms with Crippen LogP contribution in [0.3, 0.4) is 0 Å². The third-order valence-corrected chi connectivity index (χ3v) is 5.17. The lowest BCUT2D eigenvalue weighted by atomic mass is 9.78. The lowest BCUT2D eigenvalue weighted by Gasteiger charge is -2.34. The largest absolute Gasteiger partial charge is 0.454 e. The highest BCUT2D eigenvalue weighted by atomic mass is 35.5. The maximum absolute atomic E-state index is 12.0. The highest BCUT2D eigenvalue weighted by Gasteiger charge is 2.28. The molecule has 3 atom stereocenters. The number of rotatable bonds is 6. The first-order valence-electron chi connectivity index (χ1n) is 8.85. The molecular formula is C19H25ClN2O4. The number of benzene rings is 1. The molecule has 1 aliphatic rings. The number of amides is 2. The molecule has 2 amide bonds. The number of carbonyl (C=O) groups excluding carboxylic acids is 3. The fraction of sp³-hybridized carbons (Fsp3) is 0.526. The van der Waals surface area contributed by atoms with Crippen LogP contribution in [0.5, 0.6) is 0 Å². The molecule has 6 nitrogen and oxygen atoms in total. The monoisotopic (exact) mass is 380 g/mol. The first kappa shape index (κ1) is 20.2. The van der Waals surface area contributed by atoms with Gasteiger partial charge >= 0.3 is 5.97 Å². The van der Waals surface area contributed by atoms with Gasteiger partial charge in [-0.1, -0.05) is 38.3 Å². The summed E-state index contributed by atoms with van der Waals surface area (Å²) in [6, 6.07) is 6.42. The molecule has 2 N–H and O–H groups in total. The second-order valence-electron chi connectivity index (χ2n) is 6.79. The summed E-state index contributed by atoms with van der Waals surface area (Å²) in [6.07, 6.45) is 3.21. The molecule has 0 radical (unpaired) electrons. The molecule has 0 heterocycles. The molecule has 26 heavy (non-hydrogen) atoms. The van der Waals surface area contributed by atoms with Gasteiger partial charge in [0, 0.05) is 16.6 Å². The predicted molar refractivity (Wildman–Crippen MR) is 98.9 cm³/mol. The first-order chi connectivity index (χ1) is 12.4. The highest BCUT2D eigenvalue weighted by Crippen LogP contribution is 2.29. The summed E-state index contributed by atoms with van der Waals surface area (Å²) in [6.45, 7) is 3.68. The van der Waals surface area contributed by atoms with E-state index in [0.717, 1.165) is 12.8 Å². The van der Waals surface area contributed by atoms with Crippen LogP contribution in [-0.2, 0) is 14.3 Å². The molecular weight excluding hydrogens is 356 g/mol. The number of carbonyl (C=O) groups is 3. The van der Waals surface area contributed by atoms with E-state index < -0.39 is 11.9 Å². The quantitative estimate of drug-likeness (QED) is 0.743. The minimum absolute atomic E-state index is 0.120. The van der Waals surface area contributed by atoms with Crippen LogP contribution in [0.4, 0.5) is 0 Å². The SMILES string of the molecule is C[C@H]1[C@@H](NC(=O)COC(=O)CNC(=O)c2ccc(Cl)cc2)CCC[C@@H]1C. The van der Waals surface area contributed by atoms with Gasteiger partial charge in [0.2, 0.25) is 0 Å². The van der Waals surface area contributed by atoms with E-state index in [1.165, 1.54) is 6.42 Å². The molecule has 142 valence electrons. The van der Waals surface area contributed by atoms with Crippen LogP contribution >= 0.6 is 11.6 Å². The summed E-state index contributed by atoms with van der Waals surface area (Å²) in [5.41, 5.74) is 0.389. The maximum Gasteiger partial charge on any atom is 0.325 e. The molecule has 2 rings (SSSR count).